The van der Waals surface area contributed by atoms with Crippen molar-refractivity contribution >= 4 is 55.5 Å². The maximum atomic E-state index is 13.8. The van der Waals surface area contributed by atoms with Gasteiger partial charge in [0.1, 0.15) is 51.8 Å². The van der Waals surface area contributed by atoms with Crippen molar-refractivity contribution in [3.8, 4) is 17.1 Å². The van der Waals surface area contributed by atoms with Crippen LogP contribution in [0.25, 0.3) is 55.5 Å². The number of aromatic amines is 1. The van der Waals surface area contributed by atoms with Crippen LogP contribution in [0.3, 0.4) is 0 Å². The fraction of sp³-hybridized carbons (Fsp3) is 0.217. The molecule has 0 fully saturated rings. The van der Waals surface area contributed by atoms with Crippen LogP contribution < -0.4 is 25.7 Å². The molecular weight excluding hydrogens is 741 g/mol. The number of hydrogen-bond acceptors (Lipinski definition) is 9. The largest absolute Gasteiger partial charge is 0.497 e. The Balaban J connectivity index is 0.000000201. The molecule has 0 spiro atoms. The van der Waals surface area contributed by atoms with E-state index in [-0.39, 0.29) is 26.0 Å². The van der Waals surface area contributed by atoms with Crippen molar-refractivity contribution in [2.45, 2.75) is 35.2 Å². The van der Waals surface area contributed by atoms with Gasteiger partial charge in [-0.3, -0.25) is 18.7 Å². The number of nitrogens with one attached hydrogen (secondary N) is 1. The Hall–Kier alpha value is -7.28. The van der Waals surface area contributed by atoms with Gasteiger partial charge in [-0.2, -0.15) is 0 Å². The van der Waals surface area contributed by atoms with Gasteiger partial charge in [0.15, 0.2) is 0 Å². The number of H-pyrrole nitrogens is 1. The summed E-state index contributed by atoms with van der Waals surface area (Å²) in [5.74, 6) is 0.789. The highest BCUT2D eigenvalue weighted by molar-refractivity contribution is 6.11. The molecule has 13 nitrogen and oxygen atoms in total. The summed E-state index contributed by atoms with van der Waals surface area (Å²) in [6.07, 6.45) is 6.69. The van der Waals surface area contributed by atoms with E-state index < -0.39 is 0 Å². The lowest BCUT2D eigenvalue weighted by atomic mass is 10.2. The quantitative estimate of drug-likeness (QED) is 0.170. The van der Waals surface area contributed by atoms with Crippen LogP contribution in [-0.4, -0.2) is 73.9 Å². The fourth-order valence-corrected chi connectivity index (χ4v) is 7.10. The Morgan fingerprint density at radius 1 is 0.627 bits per heavy atom. The fourth-order valence-electron chi connectivity index (χ4n) is 7.10. The van der Waals surface area contributed by atoms with E-state index in [9.17, 15) is 9.59 Å². The highest BCUT2D eigenvalue weighted by atomic mass is 16.5. The van der Waals surface area contributed by atoms with E-state index >= 15 is 0 Å². The lowest BCUT2D eigenvalue weighted by Gasteiger charge is -2.13. The molecule has 0 unspecified atom stereocenters. The highest BCUT2D eigenvalue weighted by Crippen LogP contribution is 2.33. The van der Waals surface area contributed by atoms with Gasteiger partial charge in [-0.05, 0) is 67.9 Å². The first kappa shape index (κ1) is 41.4. The first-order chi connectivity index (χ1) is 27.5. The number of fused-ring (bicyclic) bond motifs is 6. The first-order valence-corrected chi connectivity index (χ1v) is 18.4. The lowest BCUT2D eigenvalue weighted by molar-refractivity contribution is 0.414. The molecule has 1 N–H and O–H groups in total. The van der Waals surface area contributed by atoms with Crippen LogP contribution in [0.5, 0.6) is 5.75 Å². The molecule has 6 aromatic heterocycles. The zero-order valence-electron chi connectivity index (χ0n) is 32.8. The highest BCUT2D eigenvalue weighted by Gasteiger charge is 2.22. The predicted molar refractivity (Wildman–Crippen MR) is 241 cm³/mol. The van der Waals surface area contributed by atoms with E-state index in [1.807, 2.05) is 141 Å². The van der Waals surface area contributed by atoms with Crippen molar-refractivity contribution in [3.63, 3.8) is 0 Å². The smallest absolute Gasteiger partial charge is 0.282 e. The summed E-state index contributed by atoms with van der Waals surface area (Å²) < 4.78 is 10.4. The molecule has 59 heavy (non-hydrogen) atoms. The van der Waals surface area contributed by atoms with Crippen LogP contribution in [0.15, 0.2) is 120 Å². The summed E-state index contributed by atoms with van der Waals surface area (Å²) in [6, 6.07) is 27.3. The Kier molecular flexibility index (Phi) is 11.7. The zero-order chi connectivity index (χ0) is 40.0. The van der Waals surface area contributed by atoms with Crippen LogP contribution in [0, 0.1) is 13.8 Å². The van der Waals surface area contributed by atoms with Crippen molar-refractivity contribution in [2.75, 3.05) is 45.1 Å². The molecule has 302 valence electrons. The number of pyridine rings is 2. The van der Waals surface area contributed by atoms with Gasteiger partial charge in [0.05, 0.1) is 40.6 Å². The van der Waals surface area contributed by atoms with Gasteiger partial charge in [-0.15, -0.1) is 0 Å². The molecule has 6 heterocycles. The summed E-state index contributed by atoms with van der Waals surface area (Å²) in [5.41, 5.74) is 10.3. The van der Waals surface area contributed by atoms with E-state index in [0.29, 0.717) is 34.3 Å². The average Bonchev–Trinajstić information content (AvgIpc) is 3.76. The van der Waals surface area contributed by atoms with E-state index in [1.165, 1.54) is 0 Å². The van der Waals surface area contributed by atoms with E-state index in [4.69, 9.17) is 9.72 Å². The molecule has 0 amide bonds. The maximum absolute atomic E-state index is 13.8. The minimum Gasteiger partial charge on any atom is -0.497 e. The molecule has 9 aromatic rings. The van der Waals surface area contributed by atoms with Crippen molar-refractivity contribution < 1.29 is 4.74 Å². The minimum atomic E-state index is -0.133. The predicted octanol–water partition coefficient (Wildman–Crippen LogP) is 8.08. The number of methoxy groups -OCH3 is 1. The van der Waals surface area contributed by atoms with E-state index in [0.717, 1.165) is 61.6 Å². The minimum absolute atomic E-state index is 0. The lowest BCUT2D eigenvalue weighted by Crippen LogP contribution is -2.21. The molecule has 0 radical (unpaired) electrons. The Bertz CT molecular complexity index is 3030. The van der Waals surface area contributed by atoms with E-state index in [1.54, 1.807) is 41.3 Å². The van der Waals surface area contributed by atoms with Crippen LogP contribution in [0.1, 0.15) is 31.5 Å². The summed E-state index contributed by atoms with van der Waals surface area (Å²) in [7, 11) is 9.53. The number of anilines is 2. The second-order valence-corrected chi connectivity index (χ2v) is 14.4. The molecule has 3 aromatic carbocycles. The summed E-state index contributed by atoms with van der Waals surface area (Å²) in [5, 5.41) is 1.74. The molecule has 0 bridgehead atoms. The SMILES string of the molecule is C.C.COc1ccc(Cn2c3nccc(N(C)C)c3c3ncn(-c4ccc(C)cc4)c(=O)c32)cc1.Cc1ccc(-n2cnc3c([nH]c4nccc(N(C)C)c43)c2=O)cc1. The van der Waals surface area contributed by atoms with Crippen LogP contribution in [0.2, 0.25) is 0 Å². The summed E-state index contributed by atoms with van der Waals surface area (Å²) >= 11 is 0. The van der Waals surface area contributed by atoms with Gasteiger partial charge in [-0.1, -0.05) is 62.4 Å². The number of aryl methyl sites for hydroxylation is 2. The molecule has 13 heteroatoms. The van der Waals surface area contributed by atoms with Gasteiger partial charge in [-0.25, -0.2) is 19.9 Å². The van der Waals surface area contributed by atoms with E-state index in [2.05, 4.69) is 19.9 Å². The monoisotopic (exact) mass is 790 g/mol. The van der Waals surface area contributed by atoms with Crippen molar-refractivity contribution in [1.82, 2.24) is 38.6 Å². The van der Waals surface area contributed by atoms with Crippen molar-refractivity contribution in [1.29, 1.82) is 0 Å². The van der Waals surface area contributed by atoms with Crippen LogP contribution in [-0.2, 0) is 6.54 Å². The molecule has 0 saturated heterocycles. The van der Waals surface area contributed by atoms with Crippen molar-refractivity contribution in [3.05, 3.63) is 147 Å². The summed E-state index contributed by atoms with van der Waals surface area (Å²) in [4.78, 5) is 52.2. The van der Waals surface area contributed by atoms with Gasteiger partial charge >= 0.3 is 0 Å². The third kappa shape index (κ3) is 7.50. The number of ether oxygens (including phenoxy) is 1. The first-order valence-electron chi connectivity index (χ1n) is 18.4. The molecular formula is C46H50N10O3. The number of rotatable bonds is 7. The van der Waals surface area contributed by atoms with Gasteiger partial charge < -0.3 is 24.1 Å². The van der Waals surface area contributed by atoms with Crippen molar-refractivity contribution in [2.24, 2.45) is 0 Å². The topological polar surface area (TPSA) is 132 Å². The molecule has 0 aliphatic heterocycles. The maximum Gasteiger partial charge on any atom is 0.282 e. The number of benzene rings is 3. The standard InChI is InChI=1S/C26H25N5O2.C18H17N5O.2CH4/c1-17-5-9-19(10-6-17)31-16-28-23-22-21(29(2)3)13-14-27-25(22)30(24(23)26(31)32)15-18-7-11-20(33-4)12-8-18;1-11-4-6-12(7-5-11)23-10-20-15-14-13(22(2)3)8-9-19-17(14)21-16(15)18(23)24;;/h5-14,16H,15H2,1-4H3;4-10H,1-3H3,(H,19,21);2*1H4. The Morgan fingerprint density at radius 3 is 1.71 bits per heavy atom. The molecule has 0 aliphatic carbocycles. The molecule has 9 rings (SSSR count). The molecule has 0 aliphatic rings. The molecule has 0 saturated carbocycles. The Morgan fingerprint density at radius 2 is 1.15 bits per heavy atom. The zero-order valence-corrected chi connectivity index (χ0v) is 32.8. The number of aromatic nitrogens is 8. The van der Waals surface area contributed by atoms with Gasteiger partial charge in [0, 0.05) is 47.1 Å². The third-order valence-corrected chi connectivity index (χ3v) is 10.1. The third-order valence-electron chi connectivity index (χ3n) is 10.1. The Labute approximate surface area is 342 Å². The normalized spacial score (nSPS) is 10.9. The molecule has 0 atom stereocenters. The second-order valence-electron chi connectivity index (χ2n) is 14.4. The number of nitrogens with zero attached hydrogens (tertiary/aromatic N) is 9. The van der Waals surface area contributed by atoms with Crippen LogP contribution >= 0.6 is 0 Å². The van der Waals surface area contributed by atoms with Gasteiger partial charge in [0.25, 0.3) is 11.1 Å². The second kappa shape index (κ2) is 16.7. The average molecular weight is 791 g/mol. The van der Waals surface area contributed by atoms with Gasteiger partial charge in [0.2, 0.25) is 0 Å². The number of hydrogen-bond donors (Lipinski definition) is 1. The van der Waals surface area contributed by atoms with Crippen LogP contribution in [0.4, 0.5) is 11.4 Å². The summed E-state index contributed by atoms with van der Waals surface area (Å²) in [6.45, 7) is 4.53.